The van der Waals surface area contributed by atoms with Gasteiger partial charge in [0.25, 0.3) is 0 Å². The summed E-state index contributed by atoms with van der Waals surface area (Å²) in [6.07, 6.45) is 5.50. The van der Waals surface area contributed by atoms with Crippen molar-refractivity contribution in [2.75, 3.05) is 19.8 Å². The van der Waals surface area contributed by atoms with Crippen LogP contribution in [-0.4, -0.2) is 31.6 Å². The molecule has 2 aliphatic rings. The van der Waals surface area contributed by atoms with E-state index in [1.54, 1.807) is 0 Å². The van der Waals surface area contributed by atoms with Gasteiger partial charge in [0.1, 0.15) is 0 Å². The predicted octanol–water partition coefficient (Wildman–Crippen LogP) is 1.12. The summed E-state index contributed by atoms with van der Waals surface area (Å²) in [5.41, 5.74) is 0. The summed E-state index contributed by atoms with van der Waals surface area (Å²) in [4.78, 5) is 12.0. The summed E-state index contributed by atoms with van der Waals surface area (Å²) >= 11 is 0. The van der Waals surface area contributed by atoms with Crippen LogP contribution >= 0.6 is 0 Å². The molecule has 3 nitrogen and oxygen atoms in total. The standard InChI is InChI=1S/C11H19NO2/c13-11(9-4-3-7-14-8-9)10-5-1-2-6-12-10/h9-10,12H,1-8H2/t9-,10+/m0/s1. The Hall–Kier alpha value is -0.410. The van der Waals surface area contributed by atoms with Gasteiger partial charge in [0.05, 0.1) is 12.6 Å². The highest BCUT2D eigenvalue weighted by molar-refractivity contribution is 5.86. The van der Waals surface area contributed by atoms with E-state index in [0.29, 0.717) is 12.4 Å². The van der Waals surface area contributed by atoms with Gasteiger partial charge in [0.2, 0.25) is 0 Å². The van der Waals surface area contributed by atoms with Crippen molar-refractivity contribution >= 4 is 5.78 Å². The van der Waals surface area contributed by atoms with Crippen molar-refractivity contribution in [1.29, 1.82) is 0 Å². The van der Waals surface area contributed by atoms with Gasteiger partial charge < -0.3 is 10.1 Å². The van der Waals surface area contributed by atoms with Gasteiger partial charge in [0.15, 0.2) is 5.78 Å². The van der Waals surface area contributed by atoms with Crippen LogP contribution in [0.3, 0.4) is 0 Å². The van der Waals surface area contributed by atoms with Crippen LogP contribution in [0.4, 0.5) is 0 Å². The van der Waals surface area contributed by atoms with Crippen molar-refractivity contribution in [3.63, 3.8) is 0 Å². The molecule has 0 saturated carbocycles. The third kappa shape index (κ3) is 2.34. The molecule has 2 fully saturated rings. The van der Waals surface area contributed by atoms with Crippen LogP contribution < -0.4 is 5.32 Å². The van der Waals surface area contributed by atoms with Crippen molar-refractivity contribution in [2.45, 2.75) is 38.1 Å². The SMILES string of the molecule is O=C([C@H]1CCCOC1)[C@H]1CCCCN1. The first-order chi connectivity index (χ1) is 6.88. The molecule has 80 valence electrons. The molecule has 0 bridgehead atoms. The van der Waals surface area contributed by atoms with Crippen LogP contribution in [0.5, 0.6) is 0 Å². The summed E-state index contributed by atoms with van der Waals surface area (Å²) in [5.74, 6) is 0.559. The van der Waals surface area contributed by atoms with Gasteiger partial charge in [0, 0.05) is 12.5 Å². The first kappa shape index (κ1) is 10.1. The molecule has 0 aromatic heterocycles. The lowest BCUT2D eigenvalue weighted by Crippen LogP contribution is -2.45. The summed E-state index contributed by atoms with van der Waals surface area (Å²) in [6, 6.07) is 0.121. The number of ether oxygens (including phenoxy) is 1. The van der Waals surface area contributed by atoms with Crippen molar-refractivity contribution in [2.24, 2.45) is 5.92 Å². The maximum absolute atomic E-state index is 12.0. The molecule has 2 aliphatic heterocycles. The average molecular weight is 197 g/mol. The van der Waals surface area contributed by atoms with Gasteiger partial charge in [-0.15, -0.1) is 0 Å². The van der Waals surface area contributed by atoms with Gasteiger partial charge in [-0.1, -0.05) is 6.42 Å². The van der Waals surface area contributed by atoms with E-state index in [0.717, 1.165) is 32.4 Å². The molecular weight excluding hydrogens is 178 g/mol. The zero-order valence-electron chi connectivity index (χ0n) is 8.63. The summed E-state index contributed by atoms with van der Waals surface area (Å²) < 4.78 is 5.35. The molecular formula is C11H19NO2. The number of hydrogen-bond donors (Lipinski definition) is 1. The fourth-order valence-corrected chi connectivity index (χ4v) is 2.34. The van der Waals surface area contributed by atoms with Gasteiger partial charge >= 0.3 is 0 Å². The molecule has 2 heterocycles. The van der Waals surface area contributed by atoms with E-state index in [-0.39, 0.29) is 12.0 Å². The minimum absolute atomic E-state index is 0.121. The van der Waals surface area contributed by atoms with E-state index in [9.17, 15) is 4.79 Å². The van der Waals surface area contributed by atoms with Crippen molar-refractivity contribution in [1.82, 2.24) is 5.32 Å². The molecule has 0 radical (unpaired) electrons. The highest BCUT2D eigenvalue weighted by atomic mass is 16.5. The Morgan fingerprint density at radius 2 is 2.14 bits per heavy atom. The Balaban J connectivity index is 1.85. The predicted molar refractivity (Wildman–Crippen MR) is 54.2 cm³/mol. The van der Waals surface area contributed by atoms with Crippen LogP contribution in [0.25, 0.3) is 0 Å². The van der Waals surface area contributed by atoms with E-state index >= 15 is 0 Å². The molecule has 0 spiro atoms. The number of carbonyl (C=O) groups is 1. The van der Waals surface area contributed by atoms with Crippen molar-refractivity contribution in [3.05, 3.63) is 0 Å². The first-order valence-corrected chi connectivity index (χ1v) is 5.73. The number of Topliss-reactive ketones (excluding diaryl/α,β-unsaturated/α-hetero) is 1. The topological polar surface area (TPSA) is 38.3 Å². The highest BCUT2D eigenvalue weighted by Crippen LogP contribution is 2.19. The summed E-state index contributed by atoms with van der Waals surface area (Å²) in [7, 11) is 0. The quantitative estimate of drug-likeness (QED) is 0.721. The molecule has 0 amide bonds. The fraction of sp³-hybridized carbons (Fsp3) is 0.909. The minimum Gasteiger partial charge on any atom is -0.381 e. The van der Waals surface area contributed by atoms with Gasteiger partial charge in [-0.05, 0) is 32.2 Å². The van der Waals surface area contributed by atoms with Gasteiger partial charge in [-0.25, -0.2) is 0 Å². The second-order valence-electron chi connectivity index (χ2n) is 4.32. The molecule has 2 rings (SSSR count). The normalized spacial score (nSPS) is 34.0. The third-order valence-electron chi connectivity index (χ3n) is 3.22. The number of ketones is 1. The summed E-state index contributed by atoms with van der Waals surface area (Å²) in [6.45, 7) is 2.49. The lowest BCUT2D eigenvalue weighted by molar-refractivity contribution is -0.129. The maximum atomic E-state index is 12.0. The Bertz CT molecular complexity index is 173. The van der Waals surface area contributed by atoms with Crippen LogP contribution in [-0.2, 0) is 9.53 Å². The van der Waals surface area contributed by atoms with Crippen LogP contribution in [0.1, 0.15) is 32.1 Å². The van der Waals surface area contributed by atoms with Crippen LogP contribution in [0.2, 0.25) is 0 Å². The van der Waals surface area contributed by atoms with E-state index in [2.05, 4.69) is 5.32 Å². The third-order valence-corrected chi connectivity index (χ3v) is 3.22. The fourth-order valence-electron chi connectivity index (χ4n) is 2.34. The lowest BCUT2D eigenvalue weighted by atomic mass is 9.89. The largest absolute Gasteiger partial charge is 0.381 e. The van der Waals surface area contributed by atoms with E-state index in [4.69, 9.17) is 4.74 Å². The van der Waals surface area contributed by atoms with E-state index in [1.165, 1.54) is 12.8 Å². The molecule has 2 atom stereocenters. The smallest absolute Gasteiger partial charge is 0.155 e. The second kappa shape index (κ2) is 4.89. The lowest BCUT2D eigenvalue weighted by Gasteiger charge is -2.28. The summed E-state index contributed by atoms with van der Waals surface area (Å²) in [5, 5.41) is 3.31. The number of rotatable bonds is 2. The number of nitrogens with one attached hydrogen (secondary N) is 1. The Kier molecular flexibility index (Phi) is 3.54. The van der Waals surface area contributed by atoms with E-state index < -0.39 is 0 Å². The molecule has 0 aromatic carbocycles. The number of carbonyl (C=O) groups excluding carboxylic acids is 1. The monoisotopic (exact) mass is 197 g/mol. The van der Waals surface area contributed by atoms with Gasteiger partial charge in [-0.3, -0.25) is 4.79 Å². The van der Waals surface area contributed by atoms with E-state index in [1.807, 2.05) is 0 Å². The zero-order chi connectivity index (χ0) is 9.80. The molecule has 3 heteroatoms. The highest BCUT2D eigenvalue weighted by Gasteiger charge is 2.29. The van der Waals surface area contributed by atoms with Crippen molar-refractivity contribution < 1.29 is 9.53 Å². The molecule has 14 heavy (non-hydrogen) atoms. The van der Waals surface area contributed by atoms with Crippen LogP contribution in [0.15, 0.2) is 0 Å². The molecule has 1 N–H and O–H groups in total. The molecule has 0 aromatic rings. The maximum Gasteiger partial charge on any atom is 0.155 e. The second-order valence-corrected chi connectivity index (χ2v) is 4.32. The van der Waals surface area contributed by atoms with Crippen molar-refractivity contribution in [3.8, 4) is 0 Å². The van der Waals surface area contributed by atoms with Crippen LogP contribution in [0, 0.1) is 5.92 Å². The number of piperidine rings is 1. The molecule has 0 aliphatic carbocycles. The minimum atomic E-state index is 0.121. The molecule has 0 unspecified atom stereocenters. The number of hydrogen-bond acceptors (Lipinski definition) is 3. The van der Waals surface area contributed by atoms with Gasteiger partial charge in [-0.2, -0.15) is 0 Å². The Labute approximate surface area is 85.2 Å². The Morgan fingerprint density at radius 1 is 1.21 bits per heavy atom. The zero-order valence-corrected chi connectivity index (χ0v) is 8.63. The average Bonchev–Trinajstić information content (AvgIpc) is 2.30. The molecule has 2 saturated heterocycles. The Morgan fingerprint density at radius 3 is 2.79 bits per heavy atom. The first-order valence-electron chi connectivity index (χ1n) is 5.73.